The van der Waals surface area contributed by atoms with Gasteiger partial charge in [0.2, 0.25) is 6.79 Å². The SMILES string of the molecule is O=C(CNc1c(Br)cc(Br)cc1Br)N/N=C/c1ccc2c(c1)OCO2. The number of benzene rings is 2. The maximum atomic E-state index is 11.9. The van der Waals surface area contributed by atoms with Crippen molar-refractivity contribution in [2.45, 2.75) is 0 Å². The van der Waals surface area contributed by atoms with Crippen LogP contribution in [0.15, 0.2) is 48.9 Å². The lowest BCUT2D eigenvalue weighted by Gasteiger charge is -2.10. The smallest absolute Gasteiger partial charge is 0.259 e. The topological polar surface area (TPSA) is 72.0 Å². The van der Waals surface area contributed by atoms with E-state index in [0.29, 0.717) is 11.5 Å². The Kier molecular flexibility index (Phi) is 5.98. The monoisotopic (exact) mass is 531 g/mol. The summed E-state index contributed by atoms with van der Waals surface area (Å²) in [4.78, 5) is 11.9. The number of nitrogens with one attached hydrogen (secondary N) is 2. The van der Waals surface area contributed by atoms with Crippen LogP contribution in [0.4, 0.5) is 5.69 Å². The van der Waals surface area contributed by atoms with Gasteiger partial charge in [0.05, 0.1) is 18.4 Å². The molecule has 130 valence electrons. The minimum atomic E-state index is -0.265. The molecule has 0 radical (unpaired) electrons. The van der Waals surface area contributed by atoms with Gasteiger partial charge in [-0.3, -0.25) is 4.79 Å². The van der Waals surface area contributed by atoms with Gasteiger partial charge in [0.25, 0.3) is 5.91 Å². The quantitative estimate of drug-likeness (QED) is 0.445. The van der Waals surface area contributed by atoms with Crippen LogP contribution >= 0.6 is 47.8 Å². The molecular weight excluding hydrogens is 522 g/mol. The normalized spacial score (nSPS) is 12.4. The van der Waals surface area contributed by atoms with Gasteiger partial charge in [0.15, 0.2) is 11.5 Å². The molecule has 2 aromatic carbocycles. The fraction of sp³-hybridized carbons (Fsp3) is 0.125. The number of fused-ring (bicyclic) bond motifs is 1. The Morgan fingerprint density at radius 1 is 1.12 bits per heavy atom. The number of carbonyl (C=O) groups is 1. The molecule has 1 heterocycles. The van der Waals surface area contributed by atoms with Crippen molar-refractivity contribution in [2.24, 2.45) is 5.10 Å². The first-order valence-electron chi connectivity index (χ1n) is 7.13. The van der Waals surface area contributed by atoms with Gasteiger partial charge in [0, 0.05) is 13.4 Å². The van der Waals surface area contributed by atoms with Crippen molar-refractivity contribution < 1.29 is 14.3 Å². The minimum absolute atomic E-state index is 0.0807. The lowest BCUT2D eigenvalue weighted by molar-refractivity contribution is -0.119. The summed E-state index contributed by atoms with van der Waals surface area (Å²) in [7, 11) is 0. The Labute approximate surface area is 169 Å². The molecule has 0 unspecified atom stereocenters. The number of anilines is 1. The van der Waals surface area contributed by atoms with Crippen molar-refractivity contribution in [3.8, 4) is 11.5 Å². The van der Waals surface area contributed by atoms with Crippen molar-refractivity contribution in [3.63, 3.8) is 0 Å². The third-order valence-corrected chi connectivity index (χ3v) is 4.94. The number of halogens is 3. The highest BCUT2D eigenvalue weighted by molar-refractivity contribution is 9.11. The Morgan fingerprint density at radius 2 is 1.84 bits per heavy atom. The summed E-state index contributed by atoms with van der Waals surface area (Å²) in [5.41, 5.74) is 4.07. The Balaban J connectivity index is 1.53. The number of rotatable bonds is 5. The average Bonchev–Trinajstić information content (AvgIpc) is 3.01. The molecular formula is C16H12Br3N3O3. The maximum absolute atomic E-state index is 11.9. The largest absolute Gasteiger partial charge is 0.454 e. The summed E-state index contributed by atoms with van der Waals surface area (Å²) >= 11 is 10.3. The fourth-order valence-electron chi connectivity index (χ4n) is 2.09. The van der Waals surface area contributed by atoms with E-state index in [1.165, 1.54) is 0 Å². The van der Waals surface area contributed by atoms with Crippen molar-refractivity contribution >= 4 is 65.6 Å². The standard InChI is InChI=1S/C16H12Br3N3O3/c17-10-4-11(18)16(12(19)5-10)20-7-15(23)22-21-6-9-1-2-13-14(3-9)25-8-24-13/h1-6,20H,7-8H2,(H,22,23)/b21-6+. The zero-order valence-corrected chi connectivity index (χ0v) is 17.4. The summed E-state index contributed by atoms with van der Waals surface area (Å²) in [5.74, 6) is 1.11. The van der Waals surface area contributed by atoms with Crippen LogP contribution in [0, 0.1) is 0 Å². The first-order chi connectivity index (χ1) is 12.0. The van der Waals surface area contributed by atoms with Crippen LogP contribution < -0.4 is 20.2 Å². The van der Waals surface area contributed by atoms with E-state index in [-0.39, 0.29) is 19.2 Å². The fourth-order valence-corrected chi connectivity index (χ4v) is 4.63. The van der Waals surface area contributed by atoms with Gasteiger partial charge in [-0.05, 0) is 67.8 Å². The lowest BCUT2D eigenvalue weighted by atomic mass is 10.2. The van der Waals surface area contributed by atoms with Gasteiger partial charge in [-0.2, -0.15) is 5.10 Å². The molecule has 25 heavy (non-hydrogen) atoms. The Morgan fingerprint density at radius 3 is 2.60 bits per heavy atom. The molecule has 1 aliphatic heterocycles. The highest BCUT2D eigenvalue weighted by Crippen LogP contribution is 2.34. The Hall–Kier alpha value is -1.58. The number of hydrogen-bond acceptors (Lipinski definition) is 5. The first kappa shape index (κ1) is 18.2. The second kappa shape index (κ2) is 8.20. The summed E-state index contributed by atoms with van der Waals surface area (Å²) in [6.45, 7) is 0.302. The number of amides is 1. The van der Waals surface area contributed by atoms with E-state index < -0.39 is 0 Å². The third kappa shape index (κ3) is 4.74. The summed E-state index contributed by atoms with van der Waals surface area (Å²) in [5, 5.41) is 7.00. The molecule has 0 aliphatic carbocycles. The molecule has 9 heteroatoms. The molecule has 1 amide bonds. The molecule has 2 aromatic rings. The van der Waals surface area contributed by atoms with Crippen LogP contribution in [-0.4, -0.2) is 25.5 Å². The minimum Gasteiger partial charge on any atom is -0.454 e. The molecule has 0 saturated carbocycles. The van der Waals surface area contributed by atoms with E-state index in [1.54, 1.807) is 18.3 Å². The maximum Gasteiger partial charge on any atom is 0.259 e. The second-order valence-electron chi connectivity index (χ2n) is 5.00. The number of hydrazone groups is 1. The van der Waals surface area contributed by atoms with E-state index in [1.807, 2.05) is 18.2 Å². The highest BCUT2D eigenvalue weighted by Gasteiger charge is 2.12. The average molecular weight is 534 g/mol. The summed E-state index contributed by atoms with van der Waals surface area (Å²) < 4.78 is 13.1. The van der Waals surface area contributed by atoms with Crippen molar-refractivity contribution in [3.05, 3.63) is 49.3 Å². The third-order valence-electron chi connectivity index (χ3n) is 3.23. The van der Waals surface area contributed by atoms with Crippen LogP contribution in [0.5, 0.6) is 11.5 Å². The molecule has 0 bridgehead atoms. The first-order valence-corrected chi connectivity index (χ1v) is 9.51. The van der Waals surface area contributed by atoms with E-state index in [0.717, 1.165) is 24.7 Å². The lowest BCUT2D eigenvalue weighted by Crippen LogP contribution is -2.26. The number of ether oxygens (including phenoxy) is 2. The zero-order valence-electron chi connectivity index (χ0n) is 12.7. The van der Waals surface area contributed by atoms with Crippen LogP contribution in [-0.2, 0) is 4.79 Å². The predicted molar refractivity (Wildman–Crippen MR) is 106 cm³/mol. The molecule has 1 aliphatic rings. The molecule has 0 fully saturated rings. The molecule has 0 saturated heterocycles. The number of hydrogen-bond donors (Lipinski definition) is 2. The van der Waals surface area contributed by atoms with Gasteiger partial charge < -0.3 is 14.8 Å². The van der Waals surface area contributed by atoms with Gasteiger partial charge >= 0.3 is 0 Å². The molecule has 2 N–H and O–H groups in total. The van der Waals surface area contributed by atoms with Gasteiger partial charge in [0.1, 0.15) is 0 Å². The molecule has 0 aromatic heterocycles. The second-order valence-corrected chi connectivity index (χ2v) is 7.63. The van der Waals surface area contributed by atoms with Crippen LogP contribution in [0.2, 0.25) is 0 Å². The van der Waals surface area contributed by atoms with E-state index in [4.69, 9.17) is 9.47 Å². The van der Waals surface area contributed by atoms with E-state index in [2.05, 4.69) is 63.6 Å². The van der Waals surface area contributed by atoms with Crippen molar-refractivity contribution in [1.82, 2.24) is 5.43 Å². The molecule has 0 spiro atoms. The Bertz CT molecular complexity index is 820. The highest BCUT2D eigenvalue weighted by atomic mass is 79.9. The van der Waals surface area contributed by atoms with Crippen LogP contribution in [0.25, 0.3) is 0 Å². The molecule has 3 rings (SSSR count). The summed E-state index contributed by atoms with van der Waals surface area (Å²) in [6.07, 6.45) is 1.55. The van der Waals surface area contributed by atoms with Crippen molar-refractivity contribution in [1.29, 1.82) is 0 Å². The molecule has 0 atom stereocenters. The van der Waals surface area contributed by atoms with Crippen LogP contribution in [0.3, 0.4) is 0 Å². The van der Waals surface area contributed by atoms with E-state index >= 15 is 0 Å². The number of carbonyl (C=O) groups excluding carboxylic acids is 1. The van der Waals surface area contributed by atoms with Crippen LogP contribution in [0.1, 0.15) is 5.56 Å². The zero-order chi connectivity index (χ0) is 17.8. The summed E-state index contributed by atoms with van der Waals surface area (Å²) in [6, 6.07) is 9.21. The predicted octanol–water partition coefficient (Wildman–Crippen LogP) is 4.27. The van der Waals surface area contributed by atoms with Gasteiger partial charge in [-0.15, -0.1) is 0 Å². The van der Waals surface area contributed by atoms with Gasteiger partial charge in [-0.25, -0.2) is 5.43 Å². The van der Waals surface area contributed by atoms with E-state index in [9.17, 15) is 4.79 Å². The van der Waals surface area contributed by atoms with Crippen molar-refractivity contribution in [2.75, 3.05) is 18.7 Å². The number of nitrogens with zero attached hydrogens (tertiary/aromatic N) is 1. The molecule has 6 nitrogen and oxygen atoms in total. The van der Waals surface area contributed by atoms with Gasteiger partial charge in [-0.1, -0.05) is 15.9 Å².